The quantitative estimate of drug-likeness (QED) is 0.514. The number of carbonyl (C=O) groups is 2. The number of ether oxygens (including phenoxy) is 1. The normalized spacial score (nSPS) is 11.4. The second-order valence-electron chi connectivity index (χ2n) is 6.68. The van der Waals surface area contributed by atoms with Gasteiger partial charge in [0, 0.05) is 17.0 Å². The maximum atomic E-state index is 12.8. The van der Waals surface area contributed by atoms with Crippen LogP contribution < -0.4 is 15.4 Å². The minimum Gasteiger partial charge on any atom is -0.492 e. The number of nitrogens with one attached hydrogen (secondary N) is 2. The zero-order valence-electron chi connectivity index (χ0n) is 16.4. The third-order valence-electron chi connectivity index (χ3n) is 4.42. The SMILES string of the molecule is O=C(NC(Cc1ccccc1)C(=O)NCCOc1ccc(Cl)cc1)c1ccccc1. The minimum atomic E-state index is -0.698. The van der Waals surface area contributed by atoms with Crippen molar-refractivity contribution in [3.8, 4) is 5.75 Å². The monoisotopic (exact) mass is 422 g/mol. The van der Waals surface area contributed by atoms with E-state index in [0.29, 0.717) is 35.9 Å². The molecule has 0 fully saturated rings. The van der Waals surface area contributed by atoms with Crippen molar-refractivity contribution in [3.63, 3.8) is 0 Å². The number of halogens is 1. The summed E-state index contributed by atoms with van der Waals surface area (Å²) >= 11 is 5.85. The van der Waals surface area contributed by atoms with Crippen LogP contribution in [0, 0.1) is 0 Å². The van der Waals surface area contributed by atoms with Gasteiger partial charge in [0.2, 0.25) is 5.91 Å². The molecule has 3 aromatic rings. The van der Waals surface area contributed by atoms with Gasteiger partial charge in [0.1, 0.15) is 18.4 Å². The lowest BCUT2D eigenvalue weighted by Crippen LogP contribution is -2.48. The molecular weight excluding hydrogens is 400 g/mol. The second kappa shape index (κ2) is 11.0. The maximum Gasteiger partial charge on any atom is 0.251 e. The molecule has 0 spiro atoms. The summed E-state index contributed by atoms with van der Waals surface area (Å²) in [5.41, 5.74) is 1.47. The molecule has 30 heavy (non-hydrogen) atoms. The van der Waals surface area contributed by atoms with E-state index < -0.39 is 6.04 Å². The molecule has 0 aliphatic carbocycles. The van der Waals surface area contributed by atoms with Crippen molar-refractivity contribution < 1.29 is 14.3 Å². The molecule has 2 amide bonds. The number of rotatable bonds is 9. The van der Waals surface area contributed by atoms with Crippen LogP contribution in [0.2, 0.25) is 5.02 Å². The van der Waals surface area contributed by atoms with Gasteiger partial charge in [0.15, 0.2) is 0 Å². The standard InChI is InChI=1S/C24H23ClN2O3/c25-20-11-13-21(14-12-20)30-16-15-26-24(29)22(17-18-7-3-1-4-8-18)27-23(28)19-9-5-2-6-10-19/h1-14,22H,15-17H2,(H,26,29)(H,27,28). The smallest absolute Gasteiger partial charge is 0.251 e. The molecule has 154 valence electrons. The Bertz CT molecular complexity index is 947. The molecule has 1 unspecified atom stereocenters. The molecule has 0 heterocycles. The zero-order chi connectivity index (χ0) is 21.2. The van der Waals surface area contributed by atoms with Crippen LogP contribution >= 0.6 is 11.6 Å². The van der Waals surface area contributed by atoms with E-state index in [4.69, 9.17) is 16.3 Å². The lowest BCUT2D eigenvalue weighted by Gasteiger charge is -2.19. The molecule has 2 N–H and O–H groups in total. The van der Waals surface area contributed by atoms with Crippen LogP contribution in [0.4, 0.5) is 0 Å². The third kappa shape index (κ3) is 6.64. The molecule has 1 atom stereocenters. The predicted molar refractivity (Wildman–Crippen MR) is 118 cm³/mol. The fourth-order valence-electron chi connectivity index (χ4n) is 2.89. The number of benzene rings is 3. The van der Waals surface area contributed by atoms with Crippen molar-refractivity contribution >= 4 is 23.4 Å². The lowest BCUT2D eigenvalue weighted by atomic mass is 10.0. The largest absolute Gasteiger partial charge is 0.492 e. The summed E-state index contributed by atoms with van der Waals surface area (Å²) in [5, 5.41) is 6.31. The molecule has 0 aromatic heterocycles. The van der Waals surface area contributed by atoms with Crippen molar-refractivity contribution in [2.45, 2.75) is 12.5 Å². The van der Waals surface area contributed by atoms with Gasteiger partial charge in [-0.2, -0.15) is 0 Å². The first-order valence-electron chi connectivity index (χ1n) is 9.68. The van der Waals surface area contributed by atoms with E-state index in [0.717, 1.165) is 5.56 Å². The van der Waals surface area contributed by atoms with E-state index in [1.807, 2.05) is 36.4 Å². The Kier molecular flexibility index (Phi) is 7.86. The van der Waals surface area contributed by atoms with Crippen LogP contribution in [-0.2, 0) is 11.2 Å². The van der Waals surface area contributed by atoms with Gasteiger partial charge < -0.3 is 15.4 Å². The number of carbonyl (C=O) groups excluding carboxylic acids is 2. The highest BCUT2D eigenvalue weighted by Crippen LogP contribution is 2.15. The highest BCUT2D eigenvalue weighted by Gasteiger charge is 2.21. The average Bonchev–Trinajstić information content (AvgIpc) is 2.78. The molecule has 0 aliphatic rings. The van der Waals surface area contributed by atoms with Crippen molar-refractivity contribution in [3.05, 3.63) is 101 Å². The van der Waals surface area contributed by atoms with E-state index in [9.17, 15) is 9.59 Å². The second-order valence-corrected chi connectivity index (χ2v) is 7.11. The molecule has 0 saturated carbocycles. The summed E-state index contributed by atoms with van der Waals surface area (Å²) in [6, 6.07) is 24.7. The lowest BCUT2D eigenvalue weighted by molar-refractivity contribution is -0.123. The first-order valence-corrected chi connectivity index (χ1v) is 10.1. The summed E-state index contributed by atoms with van der Waals surface area (Å²) in [6.07, 6.45) is 0.392. The first kappa shape index (κ1) is 21.4. The van der Waals surface area contributed by atoms with Crippen LogP contribution in [-0.4, -0.2) is 31.0 Å². The number of hydrogen-bond acceptors (Lipinski definition) is 3. The fraction of sp³-hybridized carbons (Fsp3) is 0.167. The molecule has 0 radical (unpaired) electrons. The van der Waals surface area contributed by atoms with E-state index >= 15 is 0 Å². The topological polar surface area (TPSA) is 67.4 Å². The van der Waals surface area contributed by atoms with Gasteiger partial charge in [-0.15, -0.1) is 0 Å². The molecule has 3 rings (SSSR count). The van der Waals surface area contributed by atoms with Gasteiger partial charge in [-0.3, -0.25) is 9.59 Å². The first-order chi connectivity index (χ1) is 14.6. The molecule has 0 saturated heterocycles. The van der Waals surface area contributed by atoms with Gasteiger partial charge in [0.25, 0.3) is 5.91 Å². The van der Waals surface area contributed by atoms with E-state index in [2.05, 4.69) is 10.6 Å². The van der Waals surface area contributed by atoms with Crippen LogP contribution in [0.5, 0.6) is 5.75 Å². The Morgan fingerprint density at radius 1 is 0.867 bits per heavy atom. The summed E-state index contributed by atoms with van der Waals surface area (Å²) in [6.45, 7) is 0.617. The Morgan fingerprint density at radius 2 is 1.50 bits per heavy atom. The fourth-order valence-corrected chi connectivity index (χ4v) is 3.01. The van der Waals surface area contributed by atoms with Crippen molar-refractivity contribution in [2.75, 3.05) is 13.2 Å². The predicted octanol–water partition coefficient (Wildman–Crippen LogP) is 3.88. The number of hydrogen-bond donors (Lipinski definition) is 2. The summed E-state index contributed by atoms with van der Waals surface area (Å²) in [5.74, 6) is 0.124. The van der Waals surface area contributed by atoms with Crippen LogP contribution in [0.1, 0.15) is 15.9 Å². The van der Waals surface area contributed by atoms with E-state index in [1.165, 1.54) is 0 Å². The Balaban J connectivity index is 1.57. The zero-order valence-corrected chi connectivity index (χ0v) is 17.1. The highest BCUT2D eigenvalue weighted by atomic mass is 35.5. The van der Waals surface area contributed by atoms with Gasteiger partial charge in [-0.25, -0.2) is 0 Å². The Hall–Kier alpha value is -3.31. The molecule has 3 aromatic carbocycles. The van der Waals surface area contributed by atoms with E-state index in [-0.39, 0.29) is 11.8 Å². The van der Waals surface area contributed by atoms with Gasteiger partial charge in [-0.05, 0) is 42.0 Å². The average molecular weight is 423 g/mol. The Labute approximate surface area is 181 Å². The Morgan fingerprint density at radius 3 is 2.17 bits per heavy atom. The summed E-state index contributed by atoms with van der Waals surface area (Å²) in [4.78, 5) is 25.3. The van der Waals surface area contributed by atoms with Gasteiger partial charge in [-0.1, -0.05) is 60.1 Å². The highest BCUT2D eigenvalue weighted by molar-refractivity contribution is 6.30. The van der Waals surface area contributed by atoms with Crippen LogP contribution in [0.25, 0.3) is 0 Å². The van der Waals surface area contributed by atoms with Gasteiger partial charge >= 0.3 is 0 Å². The molecule has 0 bridgehead atoms. The van der Waals surface area contributed by atoms with Crippen molar-refractivity contribution in [2.24, 2.45) is 0 Å². The minimum absolute atomic E-state index is 0.261. The summed E-state index contributed by atoms with van der Waals surface area (Å²) < 4.78 is 5.60. The molecule has 0 aliphatic heterocycles. The molecule has 6 heteroatoms. The summed E-state index contributed by atoms with van der Waals surface area (Å²) in [7, 11) is 0. The molecular formula is C24H23ClN2O3. The van der Waals surface area contributed by atoms with Crippen molar-refractivity contribution in [1.82, 2.24) is 10.6 Å². The van der Waals surface area contributed by atoms with Crippen LogP contribution in [0.15, 0.2) is 84.9 Å². The van der Waals surface area contributed by atoms with Gasteiger partial charge in [0.05, 0.1) is 6.54 Å². The number of amides is 2. The maximum absolute atomic E-state index is 12.8. The third-order valence-corrected chi connectivity index (χ3v) is 4.68. The van der Waals surface area contributed by atoms with E-state index in [1.54, 1.807) is 48.5 Å². The van der Waals surface area contributed by atoms with Crippen LogP contribution in [0.3, 0.4) is 0 Å². The van der Waals surface area contributed by atoms with Crippen molar-refractivity contribution in [1.29, 1.82) is 0 Å². The molecule has 5 nitrogen and oxygen atoms in total.